The summed E-state index contributed by atoms with van der Waals surface area (Å²) in [5.41, 5.74) is 19.9. The maximum atomic E-state index is 5.36. The van der Waals surface area contributed by atoms with Crippen LogP contribution in [0.15, 0.2) is 255 Å². The van der Waals surface area contributed by atoms with Crippen LogP contribution in [0.25, 0.3) is 88.5 Å². The van der Waals surface area contributed by atoms with Crippen molar-refractivity contribution >= 4 is 88.8 Å². The summed E-state index contributed by atoms with van der Waals surface area (Å²) in [4.78, 5) is 25.3. The highest BCUT2D eigenvalue weighted by molar-refractivity contribution is 6.10. The number of benzene rings is 9. The van der Waals surface area contributed by atoms with Crippen molar-refractivity contribution in [3.8, 4) is 33.9 Å². The second-order valence-corrected chi connectivity index (χ2v) is 23.2. The topological polar surface area (TPSA) is 67.9 Å². The highest BCUT2D eigenvalue weighted by Gasteiger charge is 2.23. The summed E-state index contributed by atoms with van der Waals surface area (Å²) in [6.07, 6.45) is 3.99. The molecule has 5 aromatic heterocycles. The van der Waals surface area contributed by atoms with E-state index in [9.17, 15) is 0 Å². The van der Waals surface area contributed by atoms with Crippen LogP contribution < -0.4 is 9.80 Å². The number of aromatic nitrogens is 6. The maximum Gasteiger partial charge on any atom is 0.0973 e. The van der Waals surface area contributed by atoms with Crippen LogP contribution in [-0.2, 0) is 10.8 Å². The molecule has 0 fully saturated rings. The number of hydrogen-bond acceptors (Lipinski definition) is 6. The van der Waals surface area contributed by atoms with E-state index in [1.165, 1.54) is 43.6 Å². The summed E-state index contributed by atoms with van der Waals surface area (Å²) in [6, 6.07) is 86.4. The molecule has 0 aliphatic heterocycles. The number of hydrogen-bond donors (Lipinski definition) is 0. The first-order valence-corrected chi connectivity index (χ1v) is 28.1. The molecule has 0 saturated carbocycles. The summed E-state index contributed by atoms with van der Waals surface area (Å²) >= 11 is 0. The van der Waals surface area contributed by atoms with Crippen molar-refractivity contribution in [2.24, 2.45) is 0 Å². The average molecular weight is 1060 g/mol. The van der Waals surface area contributed by atoms with Gasteiger partial charge in [-0.1, -0.05) is 151 Å². The van der Waals surface area contributed by atoms with E-state index in [-0.39, 0.29) is 10.8 Å². The largest absolute Gasteiger partial charge is 0.309 e. The lowest BCUT2D eigenvalue weighted by Gasteiger charge is -2.27. The Kier molecular flexibility index (Phi) is 12.1. The Morgan fingerprint density at radius 3 is 0.866 bits per heavy atom. The third kappa shape index (κ3) is 8.89. The molecule has 0 aliphatic carbocycles. The Hall–Kier alpha value is -10.2. The van der Waals surface area contributed by atoms with E-state index >= 15 is 0 Å². The zero-order valence-electron chi connectivity index (χ0n) is 46.8. The Morgan fingerprint density at radius 2 is 0.573 bits per heavy atom. The van der Waals surface area contributed by atoms with Gasteiger partial charge in [0, 0.05) is 89.0 Å². The van der Waals surface area contributed by atoms with Crippen molar-refractivity contribution in [1.82, 2.24) is 29.1 Å². The van der Waals surface area contributed by atoms with E-state index in [0.29, 0.717) is 0 Å². The lowest BCUT2D eigenvalue weighted by Crippen LogP contribution is -2.15. The summed E-state index contributed by atoms with van der Waals surface area (Å²) < 4.78 is 4.71. The number of fused-ring (bicyclic) bond motifs is 7. The number of anilines is 6. The Bertz CT molecular complexity index is 4250. The third-order valence-electron chi connectivity index (χ3n) is 15.8. The molecule has 0 amide bonds. The molecule has 8 nitrogen and oxygen atoms in total. The molecule has 82 heavy (non-hydrogen) atoms. The van der Waals surface area contributed by atoms with Gasteiger partial charge in [-0.2, -0.15) is 0 Å². The molecule has 0 radical (unpaired) electrons. The first kappa shape index (κ1) is 50.1. The fourth-order valence-electron chi connectivity index (χ4n) is 11.7. The fraction of sp³-hybridized carbons (Fsp3) is 0.108. The van der Waals surface area contributed by atoms with Gasteiger partial charge in [-0.05, 0) is 133 Å². The molecule has 0 spiro atoms. The number of para-hydroxylation sites is 6. The van der Waals surface area contributed by atoms with E-state index in [4.69, 9.17) is 19.9 Å². The van der Waals surface area contributed by atoms with Gasteiger partial charge in [0.1, 0.15) is 0 Å². The molecular formula is C74H60N8. The van der Waals surface area contributed by atoms with E-state index in [1.54, 1.807) is 0 Å². The van der Waals surface area contributed by atoms with Crippen molar-refractivity contribution in [3.05, 3.63) is 266 Å². The first-order chi connectivity index (χ1) is 39.9. The van der Waals surface area contributed by atoms with Gasteiger partial charge in [-0.15, -0.1) is 0 Å². The zero-order valence-corrected chi connectivity index (χ0v) is 46.8. The normalized spacial score (nSPS) is 12.0. The fourth-order valence-corrected chi connectivity index (χ4v) is 11.7. The second kappa shape index (κ2) is 19.9. The monoisotopic (exact) mass is 1060 g/mol. The van der Waals surface area contributed by atoms with E-state index < -0.39 is 0 Å². The highest BCUT2D eigenvalue weighted by atomic mass is 15.2. The predicted molar refractivity (Wildman–Crippen MR) is 341 cm³/mol. The zero-order chi connectivity index (χ0) is 55.7. The van der Waals surface area contributed by atoms with Gasteiger partial charge in [0.2, 0.25) is 0 Å². The van der Waals surface area contributed by atoms with E-state index in [2.05, 4.69) is 279 Å². The third-order valence-corrected chi connectivity index (χ3v) is 15.8. The lowest BCUT2D eigenvalue weighted by molar-refractivity contribution is 0.569. The summed E-state index contributed by atoms with van der Waals surface area (Å²) in [7, 11) is 0. The SMILES string of the molecule is CC(C)(C)c1ccc(N(c2ccc(-c3nc4ccccc4nc3-c3ccc(N(c4ccc(-n5c6ccccc6c6ccccc65)cc4)c4ccc(C(C)(C)C)nc4)cc3)cc2)c2ccc(-n3c4ccccc4c4ccccc43)cc2)cn1. The van der Waals surface area contributed by atoms with Crippen LogP contribution in [-0.4, -0.2) is 29.1 Å². The average Bonchev–Trinajstić information content (AvgIpc) is 3.26. The molecule has 396 valence electrons. The van der Waals surface area contributed by atoms with Crippen molar-refractivity contribution in [1.29, 1.82) is 0 Å². The van der Waals surface area contributed by atoms with Crippen molar-refractivity contribution in [2.45, 2.75) is 52.4 Å². The molecule has 5 heterocycles. The van der Waals surface area contributed by atoms with Crippen LogP contribution in [0.4, 0.5) is 34.1 Å². The Labute approximate surface area is 477 Å². The van der Waals surface area contributed by atoms with Crippen LogP contribution >= 0.6 is 0 Å². The second-order valence-electron chi connectivity index (χ2n) is 23.2. The number of rotatable bonds is 10. The minimum Gasteiger partial charge on any atom is -0.309 e. The molecule has 0 aliphatic rings. The molecule has 0 N–H and O–H groups in total. The molecule has 8 heteroatoms. The molecule has 0 bridgehead atoms. The van der Waals surface area contributed by atoms with Gasteiger partial charge in [-0.25, -0.2) is 9.97 Å². The predicted octanol–water partition coefficient (Wildman–Crippen LogP) is 19.5. The molecule has 14 aromatic rings. The minimum absolute atomic E-state index is 0.0918. The van der Waals surface area contributed by atoms with Gasteiger partial charge in [0.25, 0.3) is 0 Å². The Morgan fingerprint density at radius 1 is 0.293 bits per heavy atom. The summed E-state index contributed by atoms with van der Waals surface area (Å²) in [6.45, 7) is 13.2. The van der Waals surface area contributed by atoms with E-state index in [0.717, 1.165) is 90.4 Å². The molecular weight excluding hydrogens is 1000 g/mol. The molecule has 9 aromatic carbocycles. The van der Waals surface area contributed by atoms with Crippen LogP contribution in [0.5, 0.6) is 0 Å². The van der Waals surface area contributed by atoms with Crippen molar-refractivity contribution in [3.63, 3.8) is 0 Å². The van der Waals surface area contributed by atoms with Crippen LogP contribution in [0.2, 0.25) is 0 Å². The smallest absolute Gasteiger partial charge is 0.0973 e. The maximum absolute atomic E-state index is 5.36. The van der Waals surface area contributed by atoms with Crippen LogP contribution in [0.3, 0.4) is 0 Å². The van der Waals surface area contributed by atoms with E-state index in [1.807, 2.05) is 36.7 Å². The molecule has 0 unspecified atom stereocenters. The van der Waals surface area contributed by atoms with Crippen molar-refractivity contribution < 1.29 is 0 Å². The van der Waals surface area contributed by atoms with Crippen LogP contribution in [0, 0.1) is 0 Å². The molecule has 0 atom stereocenters. The summed E-state index contributed by atoms with van der Waals surface area (Å²) in [5, 5.41) is 4.95. The standard InChI is InChI=1S/C74H60N8/c1-73(2,3)69-45-43-57(47-75-69)79(53-35-39-55(40-36-53)81-65-23-13-7-17-59(65)60-18-8-14-24-66(60)81)51-31-27-49(28-32-51)71-72(78-64-22-12-11-21-63(64)77-71)50-29-33-52(34-30-50)80(58-44-46-70(76-48-58)74(4,5)6)54-37-41-56(42-38-54)82-67-25-15-9-19-61(67)62-20-10-16-26-68(62)82/h7-48H,1-6H3. The number of nitrogens with zero attached hydrogens (tertiary/aromatic N) is 8. The van der Waals surface area contributed by atoms with Crippen molar-refractivity contribution in [2.75, 3.05) is 9.80 Å². The quantitative estimate of drug-likeness (QED) is 0.136. The van der Waals surface area contributed by atoms with Crippen LogP contribution in [0.1, 0.15) is 52.9 Å². The summed E-state index contributed by atoms with van der Waals surface area (Å²) in [5.74, 6) is 0. The lowest BCUT2D eigenvalue weighted by atomic mass is 9.91. The molecule has 14 rings (SSSR count). The minimum atomic E-state index is -0.0918. The van der Waals surface area contributed by atoms with Gasteiger partial charge < -0.3 is 18.9 Å². The van der Waals surface area contributed by atoms with Gasteiger partial charge in [-0.3, -0.25) is 9.97 Å². The van der Waals surface area contributed by atoms with Gasteiger partial charge >= 0.3 is 0 Å². The van der Waals surface area contributed by atoms with Gasteiger partial charge in [0.05, 0.1) is 68.3 Å². The van der Waals surface area contributed by atoms with Gasteiger partial charge in [0.15, 0.2) is 0 Å². The highest BCUT2D eigenvalue weighted by Crippen LogP contribution is 2.42. The molecule has 0 saturated heterocycles. The Balaban J connectivity index is 0.833. The number of pyridine rings is 2. The first-order valence-electron chi connectivity index (χ1n) is 28.1.